The summed E-state index contributed by atoms with van der Waals surface area (Å²) in [6.45, 7) is 12.9. The Bertz CT molecular complexity index is 1030. The SMILES string of the molecule is Cc1cc(C)c(-c2csc(NC(=O)/C=C/c3ccc(C(C)(C)C)cc3)n2)c(C)c1. The van der Waals surface area contributed by atoms with Crippen molar-refractivity contribution in [3.63, 3.8) is 0 Å². The summed E-state index contributed by atoms with van der Waals surface area (Å²) in [4.78, 5) is 16.9. The Hall–Kier alpha value is -2.72. The number of nitrogens with zero attached hydrogens (tertiary/aromatic N) is 1. The summed E-state index contributed by atoms with van der Waals surface area (Å²) in [5, 5.41) is 5.47. The first-order valence-corrected chi connectivity index (χ1v) is 10.6. The Balaban J connectivity index is 1.69. The zero-order valence-corrected chi connectivity index (χ0v) is 18.8. The van der Waals surface area contributed by atoms with E-state index in [1.54, 1.807) is 6.08 Å². The molecule has 29 heavy (non-hydrogen) atoms. The number of carbonyl (C=O) groups is 1. The van der Waals surface area contributed by atoms with E-state index in [0.29, 0.717) is 5.13 Å². The van der Waals surface area contributed by atoms with Crippen LogP contribution in [0.2, 0.25) is 0 Å². The van der Waals surface area contributed by atoms with Crippen molar-refractivity contribution in [1.82, 2.24) is 4.98 Å². The Labute approximate surface area is 177 Å². The number of carbonyl (C=O) groups excluding carboxylic acids is 1. The summed E-state index contributed by atoms with van der Waals surface area (Å²) in [5.41, 5.74) is 8.08. The van der Waals surface area contributed by atoms with Crippen molar-refractivity contribution in [2.24, 2.45) is 0 Å². The van der Waals surface area contributed by atoms with Crippen LogP contribution in [0.1, 0.15) is 48.6 Å². The lowest BCUT2D eigenvalue weighted by atomic mass is 9.87. The molecule has 3 nitrogen and oxygen atoms in total. The summed E-state index contributed by atoms with van der Waals surface area (Å²) in [5.74, 6) is -0.178. The Kier molecular flexibility index (Phi) is 6.04. The standard InChI is InChI=1S/C25H28N2OS/c1-16-13-17(2)23(18(3)14-16)21-15-29-24(26-21)27-22(28)12-9-19-7-10-20(11-8-19)25(4,5)6/h7-15H,1-6H3,(H,26,27,28)/b12-9+. The molecule has 3 aromatic rings. The van der Waals surface area contributed by atoms with Crippen LogP contribution in [0.3, 0.4) is 0 Å². The summed E-state index contributed by atoms with van der Waals surface area (Å²) >= 11 is 1.44. The van der Waals surface area contributed by atoms with E-state index in [1.807, 2.05) is 23.6 Å². The minimum absolute atomic E-state index is 0.121. The fourth-order valence-electron chi connectivity index (χ4n) is 3.44. The van der Waals surface area contributed by atoms with Gasteiger partial charge >= 0.3 is 0 Å². The predicted octanol–water partition coefficient (Wildman–Crippen LogP) is 6.68. The molecule has 0 unspecified atom stereocenters. The summed E-state index contributed by atoms with van der Waals surface area (Å²) in [7, 11) is 0. The number of hydrogen-bond acceptors (Lipinski definition) is 3. The van der Waals surface area contributed by atoms with Gasteiger partial charge in [0.25, 0.3) is 0 Å². The average molecular weight is 405 g/mol. The van der Waals surface area contributed by atoms with Crippen LogP contribution >= 0.6 is 11.3 Å². The number of nitrogens with one attached hydrogen (secondary N) is 1. The van der Waals surface area contributed by atoms with E-state index in [4.69, 9.17) is 0 Å². The first kappa shape index (κ1) is 21.0. The molecule has 0 bridgehead atoms. The number of anilines is 1. The summed E-state index contributed by atoms with van der Waals surface area (Å²) < 4.78 is 0. The van der Waals surface area contributed by atoms with E-state index >= 15 is 0 Å². The average Bonchev–Trinajstić information content (AvgIpc) is 3.06. The number of amides is 1. The minimum Gasteiger partial charge on any atom is -0.298 e. The van der Waals surface area contributed by atoms with Crippen molar-refractivity contribution in [1.29, 1.82) is 0 Å². The maximum Gasteiger partial charge on any atom is 0.250 e. The number of aryl methyl sites for hydroxylation is 3. The second-order valence-corrected chi connectivity index (χ2v) is 9.36. The van der Waals surface area contributed by atoms with Crippen LogP contribution in [0.5, 0.6) is 0 Å². The number of aromatic nitrogens is 1. The normalized spacial score (nSPS) is 11.8. The maximum absolute atomic E-state index is 12.3. The van der Waals surface area contributed by atoms with Crippen molar-refractivity contribution in [2.75, 3.05) is 5.32 Å². The highest BCUT2D eigenvalue weighted by Gasteiger charge is 2.13. The molecular formula is C25H28N2OS. The van der Waals surface area contributed by atoms with Crippen LogP contribution in [-0.4, -0.2) is 10.9 Å². The molecule has 0 radical (unpaired) electrons. The highest BCUT2D eigenvalue weighted by Crippen LogP contribution is 2.31. The fourth-order valence-corrected chi connectivity index (χ4v) is 4.15. The van der Waals surface area contributed by atoms with E-state index in [1.165, 1.54) is 33.6 Å². The number of rotatable bonds is 4. The van der Waals surface area contributed by atoms with Crippen LogP contribution < -0.4 is 5.32 Å². The first-order valence-electron chi connectivity index (χ1n) is 9.77. The third-order valence-corrected chi connectivity index (χ3v) is 5.63. The topological polar surface area (TPSA) is 42.0 Å². The van der Waals surface area contributed by atoms with E-state index in [0.717, 1.165) is 16.8 Å². The van der Waals surface area contributed by atoms with Crippen molar-refractivity contribution in [3.8, 4) is 11.3 Å². The van der Waals surface area contributed by atoms with E-state index < -0.39 is 0 Å². The Morgan fingerprint density at radius 3 is 2.24 bits per heavy atom. The highest BCUT2D eigenvalue weighted by atomic mass is 32.1. The van der Waals surface area contributed by atoms with E-state index in [9.17, 15) is 4.79 Å². The third-order valence-electron chi connectivity index (χ3n) is 4.87. The van der Waals surface area contributed by atoms with Gasteiger partial charge in [-0.3, -0.25) is 10.1 Å². The molecule has 1 amide bonds. The van der Waals surface area contributed by atoms with Crippen LogP contribution in [0, 0.1) is 20.8 Å². The van der Waals surface area contributed by atoms with E-state index in [-0.39, 0.29) is 11.3 Å². The second-order valence-electron chi connectivity index (χ2n) is 8.51. The monoisotopic (exact) mass is 404 g/mol. The van der Waals surface area contributed by atoms with Gasteiger partial charge in [0.15, 0.2) is 5.13 Å². The van der Waals surface area contributed by atoms with Gasteiger partial charge in [0, 0.05) is 17.0 Å². The minimum atomic E-state index is -0.178. The molecule has 0 fully saturated rings. The molecule has 0 saturated carbocycles. The van der Waals surface area contributed by atoms with Crippen LogP contribution in [0.4, 0.5) is 5.13 Å². The molecule has 0 atom stereocenters. The van der Waals surface area contributed by atoms with Crippen molar-refractivity contribution in [3.05, 3.63) is 75.7 Å². The van der Waals surface area contributed by atoms with Crippen LogP contribution in [-0.2, 0) is 10.2 Å². The first-order chi connectivity index (χ1) is 13.6. The number of benzene rings is 2. The molecule has 150 valence electrons. The van der Waals surface area contributed by atoms with Crippen molar-refractivity contribution < 1.29 is 4.79 Å². The fraction of sp³-hybridized carbons (Fsp3) is 0.280. The van der Waals surface area contributed by atoms with Crippen LogP contribution in [0.15, 0.2) is 47.9 Å². The molecule has 0 aliphatic carbocycles. The van der Waals surface area contributed by atoms with Gasteiger partial charge < -0.3 is 0 Å². The Morgan fingerprint density at radius 1 is 1.03 bits per heavy atom. The van der Waals surface area contributed by atoms with Gasteiger partial charge in [-0.05, 0) is 54.5 Å². The van der Waals surface area contributed by atoms with Gasteiger partial charge in [0.2, 0.25) is 5.91 Å². The lowest BCUT2D eigenvalue weighted by Gasteiger charge is -2.18. The molecule has 2 aromatic carbocycles. The molecule has 0 saturated heterocycles. The smallest absolute Gasteiger partial charge is 0.250 e. The summed E-state index contributed by atoms with van der Waals surface area (Å²) in [6.07, 6.45) is 3.38. The highest BCUT2D eigenvalue weighted by molar-refractivity contribution is 7.14. The predicted molar refractivity (Wildman–Crippen MR) is 125 cm³/mol. The van der Waals surface area contributed by atoms with E-state index in [2.05, 4.69) is 76.1 Å². The largest absolute Gasteiger partial charge is 0.298 e. The molecule has 0 aliphatic heterocycles. The van der Waals surface area contributed by atoms with Gasteiger partial charge in [-0.1, -0.05) is 62.7 Å². The lowest BCUT2D eigenvalue weighted by molar-refractivity contribution is -0.111. The van der Waals surface area contributed by atoms with Gasteiger partial charge in [-0.25, -0.2) is 4.98 Å². The van der Waals surface area contributed by atoms with Gasteiger partial charge in [0.05, 0.1) is 5.69 Å². The molecular weight excluding hydrogens is 376 g/mol. The number of hydrogen-bond donors (Lipinski definition) is 1. The molecule has 1 heterocycles. The second kappa shape index (κ2) is 8.34. The summed E-state index contributed by atoms with van der Waals surface area (Å²) in [6, 6.07) is 12.6. The molecule has 0 aliphatic rings. The third kappa shape index (κ3) is 5.21. The number of thiazole rings is 1. The lowest BCUT2D eigenvalue weighted by Crippen LogP contribution is -2.10. The molecule has 1 N–H and O–H groups in total. The van der Waals surface area contributed by atoms with Gasteiger partial charge in [-0.15, -0.1) is 11.3 Å². The molecule has 0 spiro atoms. The van der Waals surface area contributed by atoms with Gasteiger partial charge in [0.1, 0.15) is 0 Å². The van der Waals surface area contributed by atoms with Crippen LogP contribution in [0.25, 0.3) is 17.3 Å². The van der Waals surface area contributed by atoms with Crippen molar-refractivity contribution >= 4 is 28.5 Å². The zero-order chi connectivity index (χ0) is 21.2. The Morgan fingerprint density at radius 2 is 1.66 bits per heavy atom. The molecule has 3 rings (SSSR count). The molecule has 4 heteroatoms. The quantitative estimate of drug-likeness (QED) is 0.493. The zero-order valence-electron chi connectivity index (χ0n) is 18.0. The molecule has 1 aromatic heterocycles. The van der Waals surface area contributed by atoms with Crippen molar-refractivity contribution in [2.45, 2.75) is 47.0 Å². The van der Waals surface area contributed by atoms with Gasteiger partial charge in [-0.2, -0.15) is 0 Å². The maximum atomic E-state index is 12.3.